The van der Waals surface area contributed by atoms with Crippen LogP contribution in [0.4, 0.5) is 0 Å². The lowest BCUT2D eigenvalue weighted by atomic mass is 9.99. The number of aromatic amines is 1. The van der Waals surface area contributed by atoms with Crippen molar-refractivity contribution >= 4 is 52.0 Å². The first kappa shape index (κ1) is 43.9. The summed E-state index contributed by atoms with van der Waals surface area (Å²) < 4.78 is 8.59. The van der Waals surface area contributed by atoms with Crippen LogP contribution in [0.15, 0.2) is 73.3 Å². The molecule has 5 aromatic rings. The zero-order valence-corrected chi connectivity index (χ0v) is 35.7. The molecule has 1 fully saturated rings. The number of imidazole rings is 1. The first-order chi connectivity index (χ1) is 29.1. The third kappa shape index (κ3) is 10.6. The molecule has 0 spiro atoms. The van der Waals surface area contributed by atoms with E-state index in [1.54, 1.807) is 66.1 Å². The van der Waals surface area contributed by atoms with Crippen molar-refractivity contribution in [2.24, 2.45) is 18.9 Å². The molecule has 6 rings (SSSR count). The van der Waals surface area contributed by atoms with E-state index in [9.17, 15) is 28.8 Å². The van der Waals surface area contributed by atoms with Gasteiger partial charge in [0.15, 0.2) is 0 Å². The van der Waals surface area contributed by atoms with E-state index in [1.165, 1.54) is 18.0 Å². The van der Waals surface area contributed by atoms with Crippen molar-refractivity contribution in [3.8, 4) is 5.75 Å². The molecule has 5 atom stereocenters. The van der Waals surface area contributed by atoms with Gasteiger partial charge in [0.05, 0.1) is 19.9 Å². The molecule has 17 nitrogen and oxygen atoms in total. The van der Waals surface area contributed by atoms with E-state index in [0.717, 1.165) is 16.5 Å². The molecular weight excluding hydrogens is 781 g/mol. The number of nitrogens with zero attached hydrogens (tertiary/aromatic N) is 4. The molecule has 0 radical (unpaired) electrons. The lowest BCUT2D eigenvalue weighted by Crippen LogP contribution is -2.60. The van der Waals surface area contributed by atoms with Gasteiger partial charge in [-0.15, -0.1) is 0 Å². The Hall–Kier alpha value is -6.65. The molecule has 0 aliphatic carbocycles. The van der Waals surface area contributed by atoms with Gasteiger partial charge in [0.25, 0.3) is 5.91 Å². The van der Waals surface area contributed by atoms with Gasteiger partial charge in [-0.1, -0.05) is 58.0 Å². The standard InChI is InChI=1S/C44H56N10O7/c1-25(2)18-34-41(58)50-35(19-28-12-14-30(61-7)15-13-28)40(57)47-27(5)39(56)51-37(26(3)4)23-53(44(60)32-22-46-54-17-16-52(6)43(32)54)24-38(55)48-36(42(59)49-34)20-29-21-45-33-11-9-8-10-31(29)33/h8-17,21-22,25-27,34-37,45H,18-20,23-24H2,1-7H3,(H,47,57)(H,48,55)(H,49,59)(H,50,58)(H,51,56)/t27-,34+,35+,36-,37-/m1/s1. The second-order valence-electron chi connectivity index (χ2n) is 16.5. The molecule has 6 amide bonds. The Morgan fingerprint density at radius 1 is 0.820 bits per heavy atom. The second-order valence-corrected chi connectivity index (χ2v) is 16.5. The normalized spacial score (nSPS) is 21.4. The number of para-hydroxylation sites is 1. The van der Waals surface area contributed by atoms with Gasteiger partial charge in [0.1, 0.15) is 41.1 Å². The van der Waals surface area contributed by atoms with Crippen LogP contribution in [0.3, 0.4) is 0 Å². The average Bonchev–Trinajstić information content (AvgIpc) is 3.95. The Bertz CT molecular complexity index is 2380. The summed E-state index contributed by atoms with van der Waals surface area (Å²) in [5, 5.41) is 19.5. The number of amides is 6. The lowest BCUT2D eigenvalue weighted by Gasteiger charge is -2.32. The van der Waals surface area contributed by atoms with Crippen molar-refractivity contribution in [2.45, 2.75) is 84.1 Å². The summed E-state index contributed by atoms with van der Waals surface area (Å²) in [5.74, 6) is -3.23. The summed E-state index contributed by atoms with van der Waals surface area (Å²) in [6, 6.07) is 9.40. The van der Waals surface area contributed by atoms with E-state index in [4.69, 9.17) is 4.74 Å². The summed E-state index contributed by atoms with van der Waals surface area (Å²) in [5.41, 5.74) is 3.03. The Labute approximate surface area is 354 Å². The number of hydrogen-bond acceptors (Lipinski definition) is 8. The molecule has 4 heterocycles. The maximum Gasteiger partial charge on any atom is 0.259 e. The number of ether oxygens (including phenoxy) is 1. The smallest absolute Gasteiger partial charge is 0.259 e. The Kier molecular flexibility index (Phi) is 13.8. The topological polar surface area (TPSA) is 213 Å². The van der Waals surface area contributed by atoms with E-state index in [-0.39, 0.29) is 43.2 Å². The van der Waals surface area contributed by atoms with Gasteiger partial charge >= 0.3 is 0 Å². The molecule has 0 bridgehead atoms. The Morgan fingerprint density at radius 2 is 1.49 bits per heavy atom. The molecule has 1 saturated heterocycles. The molecule has 61 heavy (non-hydrogen) atoms. The highest BCUT2D eigenvalue weighted by Crippen LogP contribution is 2.21. The first-order valence-corrected chi connectivity index (χ1v) is 20.6. The number of benzene rings is 2. The van der Waals surface area contributed by atoms with Crippen molar-refractivity contribution in [1.29, 1.82) is 0 Å². The summed E-state index contributed by atoms with van der Waals surface area (Å²) in [4.78, 5) is 89.9. The van der Waals surface area contributed by atoms with Crippen LogP contribution in [-0.2, 0) is 43.9 Å². The summed E-state index contributed by atoms with van der Waals surface area (Å²) in [6.45, 7) is 8.49. The van der Waals surface area contributed by atoms with Crippen molar-refractivity contribution in [2.75, 3.05) is 20.2 Å². The van der Waals surface area contributed by atoms with E-state index in [0.29, 0.717) is 17.0 Å². The third-order valence-corrected chi connectivity index (χ3v) is 11.0. The number of methoxy groups -OCH3 is 1. The quantitative estimate of drug-likeness (QED) is 0.129. The second kappa shape index (κ2) is 19.2. The van der Waals surface area contributed by atoms with Crippen LogP contribution in [-0.4, -0.2) is 110 Å². The van der Waals surface area contributed by atoms with Crippen LogP contribution in [0.25, 0.3) is 16.6 Å². The minimum Gasteiger partial charge on any atom is -0.497 e. The van der Waals surface area contributed by atoms with Crippen LogP contribution < -0.4 is 31.3 Å². The number of aromatic nitrogens is 4. The van der Waals surface area contributed by atoms with Gasteiger partial charge in [-0.3, -0.25) is 28.8 Å². The third-order valence-electron chi connectivity index (χ3n) is 11.0. The zero-order chi connectivity index (χ0) is 44.0. The van der Waals surface area contributed by atoms with Gasteiger partial charge < -0.3 is 45.8 Å². The number of rotatable bonds is 9. The molecule has 2 aromatic carbocycles. The van der Waals surface area contributed by atoms with Gasteiger partial charge in [-0.05, 0) is 54.5 Å². The van der Waals surface area contributed by atoms with Crippen LogP contribution >= 0.6 is 0 Å². The molecule has 0 unspecified atom stereocenters. The number of nitrogens with one attached hydrogen (secondary N) is 6. The van der Waals surface area contributed by atoms with Crippen molar-refractivity contribution < 1.29 is 33.5 Å². The number of hydrogen-bond donors (Lipinski definition) is 6. The lowest BCUT2D eigenvalue weighted by molar-refractivity contribution is -0.135. The number of H-pyrrole nitrogens is 1. The maximum atomic E-state index is 14.5. The molecular formula is C44H56N10O7. The number of aryl methyl sites for hydroxylation is 1. The average molecular weight is 837 g/mol. The van der Waals surface area contributed by atoms with E-state index in [2.05, 4.69) is 36.7 Å². The van der Waals surface area contributed by atoms with E-state index in [1.807, 2.05) is 52.0 Å². The van der Waals surface area contributed by atoms with Gasteiger partial charge in [-0.2, -0.15) is 5.10 Å². The molecule has 0 saturated carbocycles. The fourth-order valence-electron chi connectivity index (χ4n) is 7.54. The fourth-order valence-corrected chi connectivity index (χ4v) is 7.54. The molecule has 3 aromatic heterocycles. The maximum absolute atomic E-state index is 14.5. The highest BCUT2D eigenvalue weighted by Gasteiger charge is 2.34. The van der Waals surface area contributed by atoms with Crippen LogP contribution in [0.2, 0.25) is 0 Å². The first-order valence-electron chi connectivity index (χ1n) is 20.6. The Morgan fingerprint density at radius 3 is 2.20 bits per heavy atom. The van der Waals surface area contributed by atoms with Gasteiger partial charge in [-0.25, -0.2) is 4.52 Å². The SMILES string of the molecule is COc1ccc(C[C@@H]2NC(=O)[C@H](CC(C)C)NC(=O)[C@@H](Cc3c[nH]c4ccccc34)NC(=O)CN(C(=O)c3cnn4ccn(C)c34)C[C@H](C(C)C)NC(=O)[C@@H](C)NC2=O)cc1. The minimum atomic E-state index is -1.19. The van der Waals surface area contributed by atoms with Crippen molar-refractivity contribution in [3.05, 3.63) is 90.0 Å². The van der Waals surface area contributed by atoms with Crippen molar-refractivity contribution in [1.82, 2.24) is 50.6 Å². The zero-order valence-electron chi connectivity index (χ0n) is 35.7. The van der Waals surface area contributed by atoms with E-state index >= 15 is 0 Å². The van der Waals surface area contributed by atoms with Crippen LogP contribution in [0.1, 0.15) is 62.5 Å². The van der Waals surface area contributed by atoms with Gasteiger partial charge in [0.2, 0.25) is 29.5 Å². The number of carbonyl (C=O) groups excluding carboxylic acids is 6. The minimum absolute atomic E-state index is 0.0456. The highest BCUT2D eigenvalue weighted by atomic mass is 16.5. The summed E-state index contributed by atoms with van der Waals surface area (Å²) >= 11 is 0. The highest BCUT2D eigenvalue weighted by molar-refractivity contribution is 6.02. The predicted molar refractivity (Wildman–Crippen MR) is 228 cm³/mol. The van der Waals surface area contributed by atoms with Crippen molar-refractivity contribution in [3.63, 3.8) is 0 Å². The fraction of sp³-hybridized carbons (Fsp3) is 0.432. The summed E-state index contributed by atoms with van der Waals surface area (Å²) in [6.07, 6.45) is 6.97. The predicted octanol–water partition coefficient (Wildman–Crippen LogP) is 2.25. The number of carbonyl (C=O) groups is 6. The molecule has 1 aliphatic heterocycles. The molecule has 324 valence electrons. The van der Waals surface area contributed by atoms with Gasteiger partial charge in [0, 0.05) is 62.0 Å². The summed E-state index contributed by atoms with van der Waals surface area (Å²) in [7, 11) is 3.32. The molecule has 17 heteroatoms. The molecule has 1 aliphatic rings. The molecule has 6 N–H and O–H groups in total. The van der Waals surface area contributed by atoms with E-state index < -0.39 is 72.2 Å². The van der Waals surface area contributed by atoms with Crippen LogP contribution in [0.5, 0.6) is 5.75 Å². The Balaban J connectivity index is 1.39. The number of fused-ring (bicyclic) bond motifs is 2. The monoisotopic (exact) mass is 836 g/mol. The largest absolute Gasteiger partial charge is 0.497 e. The van der Waals surface area contributed by atoms with Crippen LogP contribution in [0, 0.1) is 11.8 Å².